The molecule has 0 unspecified atom stereocenters. The monoisotopic (exact) mass is 315 g/mol. The van der Waals surface area contributed by atoms with Gasteiger partial charge in [-0.25, -0.2) is 4.39 Å². The zero-order valence-electron chi connectivity index (χ0n) is 6.49. The van der Waals surface area contributed by atoms with E-state index < -0.39 is 23.1 Å². The van der Waals surface area contributed by atoms with Crippen LogP contribution in [0.3, 0.4) is 0 Å². The van der Waals surface area contributed by atoms with Crippen LogP contribution in [0.4, 0.5) is 17.6 Å². The summed E-state index contributed by atoms with van der Waals surface area (Å²) < 4.78 is 49.8. The first-order chi connectivity index (χ1) is 6.38. The van der Waals surface area contributed by atoms with E-state index in [4.69, 9.17) is 5.26 Å². The van der Waals surface area contributed by atoms with Crippen molar-refractivity contribution in [2.24, 2.45) is 0 Å². The molecular formula is C8H2F4IN. The summed E-state index contributed by atoms with van der Waals surface area (Å²) in [5.41, 5.74) is -2.19. The van der Waals surface area contributed by atoms with Gasteiger partial charge in [0, 0.05) is 3.57 Å². The average molecular weight is 315 g/mol. The standard InChI is InChI=1S/C8H2F4IN/c9-7-5(13)2-1-4(3-14)6(7)8(10,11)12/h1-2H. The van der Waals surface area contributed by atoms with Crippen LogP contribution in [0.1, 0.15) is 11.1 Å². The van der Waals surface area contributed by atoms with E-state index in [-0.39, 0.29) is 3.57 Å². The van der Waals surface area contributed by atoms with Crippen LogP contribution >= 0.6 is 22.6 Å². The van der Waals surface area contributed by atoms with Gasteiger partial charge in [-0.15, -0.1) is 0 Å². The van der Waals surface area contributed by atoms with Crippen molar-refractivity contribution in [3.05, 3.63) is 32.6 Å². The molecule has 1 aromatic carbocycles. The van der Waals surface area contributed by atoms with Crippen molar-refractivity contribution in [3.8, 4) is 6.07 Å². The van der Waals surface area contributed by atoms with Gasteiger partial charge in [-0.3, -0.25) is 0 Å². The third kappa shape index (κ3) is 1.97. The summed E-state index contributed by atoms with van der Waals surface area (Å²) in [5, 5.41) is 8.38. The number of hydrogen-bond donors (Lipinski definition) is 0. The Balaban J connectivity index is 3.54. The summed E-state index contributed by atoms with van der Waals surface area (Å²) >= 11 is 1.44. The summed E-state index contributed by atoms with van der Waals surface area (Å²) in [5.74, 6) is -1.39. The van der Waals surface area contributed by atoms with Crippen LogP contribution in [0.5, 0.6) is 0 Å². The minimum atomic E-state index is -4.84. The van der Waals surface area contributed by atoms with Crippen molar-refractivity contribution in [2.75, 3.05) is 0 Å². The molecule has 0 fully saturated rings. The fourth-order valence-electron chi connectivity index (χ4n) is 0.921. The molecule has 1 rings (SSSR count). The van der Waals surface area contributed by atoms with Crippen molar-refractivity contribution in [1.82, 2.24) is 0 Å². The lowest BCUT2D eigenvalue weighted by molar-refractivity contribution is -0.140. The summed E-state index contributed by atoms with van der Waals surface area (Å²) in [4.78, 5) is 0. The molecule has 0 aromatic heterocycles. The van der Waals surface area contributed by atoms with E-state index in [1.807, 2.05) is 0 Å². The van der Waals surface area contributed by atoms with E-state index >= 15 is 0 Å². The van der Waals surface area contributed by atoms with Gasteiger partial charge in [-0.1, -0.05) is 0 Å². The summed E-state index contributed by atoms with van der Waals surface area (Å²) in [6, 6.07) is 3.39. The van der Waals surface area contributed by atoms with Crippen LogP contribution in [-0.2, 0) is 6.18 Å². The zero-order valence-corrected chi connectivity index (χ0v) is 8.65. The number of nitriles is 1. The molecule has 0 N–H and O–H groups in total. The van der Waals surface area contributed by atoms with Gasteiger partial charge in [0.25, 0.3) is 0 Å². The first-order valence-corrected chi connectivity index (χ1v) is 4.41. The second-order valence-electron chi connectivity index (χ2n) is 2.39. The van der Waals surface area contributed by atoms with Crippen molar-refractivity contribution < 1.29 is 17.6 Å². The minimum Gasteiger partial charge on any atom is -0.205 e. The molecule has 0 aliphatic carbocycles. The number of alkyl halides is 3. The van der Waals surface area contributed by atoms with Crippen LogP contribution in [0.2, 0.25) is 0 Å². The second-order valence-corrected chi connectivity index (χ2v) is 3.56. The third-order valence-corrected chi connectivity index (χ3v) is 2.33. The molecule has 0 saturated heterocycles. The molecular weight excluding hydrogens is 313 g/mol. The Morgan fingerprint density at radius 3 is 2.29 bits per heavy atom. The third-order valence-electron chi connectivity index (χ3n) is 1.50. The Morgan fingerprint density at radius 1 is 1.29 bits per heavy atom. The highest BCUT2D eigenvalue weighted by molar-refractivity contribution is 14.1. The number of benzene rings is 1. The average Bonchev–Trinajstić information content (AvgIpc) is 2.07. The Hall–Kier alpha value is -0.840. The predicted octanol–water partition coefficient (Wildman–Crippen LogP) is 3.32. The lowest BCUT2D eigenvalue weighted by Crippen LogP contribution is -2.12. The molecule has 0 bridgehead atoms. The van der Waals surface area contributed by atoms with Crippen LogP contribution < -0.4 is 0 Å². The normalized spacial score (nSPS) is 11.1. The zero-order chi connectivity index (χ0) is 10.9. The van der Waals surface area contributed by atoms with Crippen LogP contribution in [0, 0.1) is 20.7 Å². The minimum absolute atomic E-state index is 0.158. The van der Waals surface area contributed by atoms with Gasteiger partial charge >= 0.3 is 6.18 Å². The van der Waals surface area contributed by atoms with E-state index in [0.717, 1.165) is 12.1 Å². The fraction of sp³-hybridized carbons (Fsp3) is 0.125. The molecule has 0 saturated carbocycles. The Bertz CT molecular complexity index is 405. The largest absolute Gasteiger partial charge is 0.420 e. The number of hydrogen-bond acceptors (Lipinski definition) is 1. The number of nitrogens with zero attached hydrogens (tertiary/aromatic N) is 1. The van der Waals surface area contributed by atoms with Crippen molar-refractivity contribution in [3.63, 3.8) is 0 Å². The maximum absolute atomic E-state index is 13.1. The summed E-state index contributed by atoms with van der Waals surface area (Å²) in [6.45, 7) is 0. The smallest absolute Gasteiger partial charge is 0.205 e. The summed E-state index contributed by atoms with van der Waals surface area (Å²) in [7, 11) is 0. The fourth-order valence-corrected chi connectivity index (χ4v) is 1.37. The van der Waals surface area contributed by atoms with E-state index in [0.29, 0.717) is 0 Å². The molecule has 0 spiro atoms. The van der Waals surface area contributed by atoms with Crippen molar-refractivity contribution >= 4 is 22.6 Å². The van der Waals surface area contributed by atoms with E-state index in [1.165, 1.54) is 28.7 Å². The predicted molar refractivity (Wildman–Crippen MR) is 48.8 cm³/mol. The highest BCUT2D eigenvalue weighted by Gasteiger charge is 2.37. The van der Waals surface area contributed by atoms with E-state index in [1.54, 1.807) is 0 Å². The molecule has 0 aliphatic rings. The van der Waals surface area contributed by atoms with Gasteiger partial charge in [0.1, 0.15) is 11.4 Å². The first-order valence-electron chi connectivity index (χ1n) is 3.33. The molecule has 0 atom stereocenters. The molecule has 0 amide bonds. The van der Waals surface area contributed by atoms with Crippen molar-refractivity contribution in [2.45, 2.75) is 6.18 Å². The van der Waals surface area contributed by atoms with Crippen LogP contribution in [0.15, 0.2) is 12.1 Å². The molecule has 0 radical (unpaired) electrons. The molecule has 6 heteroatoms. The summed E-state index contributed by atoms with van der Waals surface area (Å²) in [6.07, 6.45) is -4.84. The van der Waals surface area contributed by atoms with Crippen molar-refractivity contribution in [1.29, 1.82) is 5.26 Å². The SMILES string of the molecule is N#Cc1ccc(I)c(F)c1C(F)(F)F. The first kappa shape index (κ1) is 11.2. The van der Waals surface area contributed by atoms with Gasteiger partial charge in [-0.2, -0.15) is 18.4 Å². The lowest BCUT2D eigenvalue weighted by Gasteiger charge is -2.10. The Morgan fingerprint density at radius 2 is 1.86 bits per heavy atom. The molecule has 74 valence electrons. The molecule has 1 nitrogen and oxygen atoms in total. The molecule has 0 aliphatic heterocycles. The highest BCUT2D eigenvalue weighted by Crippen LogP contribution is 2.35. The van der Waals surface area contributed by atoms with Gasteiger partial charge in [0.05, 0.1) is 11.6 Å². The Labute approximate surface area is 90.5 Å². The molecule has 14 heavy (non-hydrogen) atoms. The van der Waals surface area contributed by atoms with E-state index in [9.17, 15) is 17.6 Å². The van der Waals surface area contributed by atoms with Crippen LogP contribution in [-0.4, -0.2) is 0 Å². The second kappa shape index (κ2) is 3.73. The van der Waals surface area contributed by atoms with E-state index in [2.05, 4.69) is 0 Å². The van der Waals surface area contributed by atoms with Gasteiger partial charge in [0.2, 0.25) is 0 Å². The Kier molecular flexibility index (Phi) is 2.99. The van der Waals surface area contributed by atoms with Gasteiger partial charge < -0.3 is 0 Å². The number of rotatable bonds is 0. The van der Waals surface area contributed by atoms with Crippen LogP contribution in [0.25, 0.3) is 0 Å². The van der Waals surface area contributed by atoms with Gasteiger partial charge in [-0.05, 0) is 34.7 Å². The topological polar surface area (TPSA) is 23.8 Å². The van der Waals surface area contributed by atoms with Gasteiger partial charge in [0.15, 0.2) is 0 Å². The maximum atomic E-state index is 13.1. The maximum Gasteiger partial charge on any atom is 0.420 e. The molecule has 0 heterocycles. The quantitative estimate of drug-likeness (QED) is 0.532. The lowest BCUT2D eigenvalue weighted by atomic mass is 10.1. The molecule has 1 aromatic rings. The number of halogens is 5. The highest BCUT2D eigenvalue weighted by atomic mass is 127.